The van der Waals surface area contributed by atoms with E-state index in [0.717, 1.165) is 18.7 Å². The lowest BCUT2D eigenvalue weighted by molar-refractivity contribution is 0.280. The van der Waals surface area contributed by atoms with Gasteiger partial charge in [-0.15, -0.1) is 0 Å². The third kappa shape index (κ3) is 2.23. The lowest BCUT2D eigenvalue weighted by Gasteiger charge is -2.34. The zero-order valence-corrected chi connectivity index (χ0v) is 11.0. The molecule has 5 heteroatoms. The van der Waals surface area contributed by atoms with Crippen LogP contribution >= 0.6 is 0 Å². The van der Waals surface area contributed by atoms with Gasteiger partial charge in [-0.3, -0.25) is 0 Å². The molecule has 0 bridgehead atoms. The van der Waals surface area contributed by atoms with Crippen molar-refractivity contribution in [1.29, 1.82) is 0 Å². The van der Waals surface area contributed by atoms with Gasteiger partial charge in [-0.1, -0.05) is 0 Å². The molecule has 0 spiro atoms. The Balaban J connectivity index is 2.41. The van der Waals surface area contributed by atoms with E-state index in [0.29, 0.717) is 23.2 Å². The predicted octanol–water partition coefficient (Wildman–Crippen LogP) is 0.932. The van der Waals surface area contributed by atoms with Crippen molar-refractivity contribution in [2.75, 3.05) is 34.4 Å². The van der Waals surface area contributed by atoms with E-state index in [1.54, 1.807) is 21.3 Å². The van der Waals surface area contributed by atoms with Crippen LogP contribution in [-0.2, 0) is 0 Å². The first kappa shape index (κ1) is 13.0. The van der Waals surface area contributed by atoms with Crippen molar-refractivity contribution in [2.45, 2.75) is 6.04 Å². The molecule has 0 saturated carbocycles. The average Bonchev–Trinajstić information content (AvgIpc) is 2.34. The second-order valence-corrected chi connectivity index (χ2v) is 4.39. The second kappa shape index (κ2) is 5.46. The van der Waals surface area contributed by atoms with Crippen molar-refractivity contribution in [2.24, 2.45) is 11.7 Å². The molecule has 1 aromatic rings. The molecule has 1 atom stereocenters. The van der Waals surface area contributed by atoms with Crippen LogP contribution in [0.25, 0.3) is 0 Å². The SMILES string of the molecule is COc1cc(OC)c(C(N)C2CNC2)c(OC)c1. The van der Waals surface area contributed by atoms with Crippen molar-refractivity contribution in [3.8, 4) is 17.2 Å². The molecular formula is C13H20N2O3. The number of rotatable bonds is 5. The van der Waals surface area contributed by atoms with Crippen molar-refractivity contribution in [3.63, 3.8) is 0 Å². The van der Waals surface area contributed by atoms with Crippen LogP contribution in [0.4, 0.5) is 0 Å². The van der Waals surface area contributed by atoms with Crippen LogP contribution in [0.5, 0.6) is 17.2 Å². The molecule has 1 unspecified atom stereocenters. The van der Waals surface area contributed by atoms with Gasteiger partial charge < -0.3 is 25.3 Å². The van der Waals surface area contributed by atoms with Gasteiger partial charge in [0.2, 0.25) is 0 Å². The Bertz CT molecular complexity index is 394. The molecule has 1 fully saturated rings. The highest BCUT2D eigenvalue weighted by Gasteiger charge is 2.30. The van der Waals surface area contributed by atoms with Gasteiger partial charge in [-0.2, -0.15) is 0 Å². The van der Waals surface area contributed by atoms with E-state index in [9.17, 15) is 0 Å². The van der Waals surface area contributed by atoms with Crippen LogP contribution in [-0.4, -0.2) is 34.4 Å². The maximum absolute atomic E-state index is 6.30. The molecule has 0 radical (unpaired) electrons. The first-order chi connectivity index (χ1) is 8.71. The first-order valence-corrected chi connectivity index (χ1v) is 5.97. The first-order valence-electron chi connectivity index (χ1n) is 5.97. The van der Waals surface area contributed by atoms with Crippen LogP contribution in [0.1, 0.15) is 11.6 Å². The Labute approximate surface area is 107 Å². The fourth-order valence-electron chi connectivity index (χ4n) is 2.16. The normalized spacial score (nSPS) is 16.9. The lowest BCUT2D eigenvalue weighted by Crippen LogP contribution is -2.47. The van der Waals surface area contributed by atoms with Gasteiger partial charge in [0.1, 0.15) is 17.2 Å². The fourth-order valence-corrected chi connectivity index (χ4v) is 2.16. The summed E-state index contributed by atoms with van der Waals surface area (Å²) in [6.45, 7) is 1.86. The van der Waals surface area contributed by atoms with Crippen molar-refractivity contribution >= 4 is 0 Å². The highest BCUT2D eigenvalue weighted by molar-refractivity contribution is 5.52. The van der Waals surface area contributed by atoms with E-state index in [2.05, 4.69) is 5.32 Å². The maximum atomic E-state index is 6.30. The van der Waals surface area contributed by atoms with Gasteiger partial charge in [0.25, 0.3) is 0 Å². The maximum Gasteiger partial charge on any atom is 0.131 e. The van der Waals surface area contributed by atoms with Crippen LogP contribution in [0.3, 0.4) is 0 Å². The molecule has 0 aromatic heterocycles. The van der Waals surface area contributed by atoms with Crippen LogP contribution in [0.15, 0.2) is 12.1 Å². The molecule has 18 heavy (non-hydrogen) atoms. The van der Waals surface area contributed by atoms with Gasteiger partial charge in [-0.25, -0.2) is 0 Å². The predicted molar refractivity (Wildman–Crippen MR) is 69.4 cm³/mol. The summed E-state index contributed by atoms with van der Waals surface area (Å²) in [5, 5.41) is 3.22. The summed E-state index contributed by atoms with van der Waals surface area (Å²) in [5.74, 6) is 2.55. The monoisotopic (exact) mass is 252 g/mol. The van der Waals surface area contributed by atoms with E-state index in [4.69, 9.17) is 19.9 Å². The standard InChI is InChI=1S/C13H20N2O3/c1-16-9-4-10(17-2)12(11(5-9)18-3)13(14)8-6-15-7-8/h4-5,8,13,15H,6-7,14H2,1-3H3. The quantitative estimate of drug-likeness (QED) is 0.816. The summed E-state index contributed by atoms with van der Waals surface area (Å²) in [7, 11) is 4.87. The van der Waals surface area contributed by atoms with Crippen LogP contribution in [0, 0.1) is 5.92 Å². The minimum atomic E-state index is -0.0953. The Hall–Kier alpha value is -1.46. The van der Waals surface area contributed by atoms with Crippen molar-refractivity contribution < 1.29 is 14.2 Å². The van der Waals surface area contributed by atoms with Gasteiger partial charge in [0, 0.05) is 37.2 Å². The highest BCUT2D eigenvalue weighted by atomic mass is 16.5. The number of hydrogen-bond donors (Lipinski definition) is 2. The molecule has 3 N–H and O–H groups in total. The molecule has 1 aromatic carbocycles. The smallest absolute Gasteiger partial charge is 0.131 e. The van der Waals surface area contributed by atoms with Crippen LogP contribution < -0.4 is 25.3 Å². The summed E-state index contributed by atoms with van der Waals surface area (Å²) in [4.78, 5) is 0. The lowest BCUT2D eigenvalue weighted by atomic mass is 9.88. The van der Waals surface area contributed by atoms with Crippen LogP contribution in [0.2, 0.25) is 0 Å². The number of hydrogen-bond acceptors (Lipinski definition) is 5. The largest absolute Gasteiger partial charge is 0.496 e. The summed E-state index contributed by atoms with van der Waals surface area (Å²) >= 11 is 0. The Morgan fingerprint density at radius 1 is 1.11 bits per heavy atom. The number of ether oxygens (including phenoxy) is 3. The Morgan fingerprint density at radius 2 is 1.67 bits per heavy atom. The minimum Gasteiger partial charge on any atom is -0.496 e. The molecule has 1 heterocycles. The van der Waals surface area contributed by atoms with Gasteiger partial charge in [0.05, 0.1) is 26.9 Å². The van der Waals surface area contributed by atoms with Crippen molar-refractivity contribution in [1.82, 2.24) is 5.32 Å². The summed E-state index contributed by atoms with van der Waals surface area (Å²) in [6.07, 6.45) is 0. The minimum absolute atomic E-state index is 0.0953. The molecule has 5 nitrogen and oxygen atoms in total. The van der Waals surface area contributed by atoms with Gasteiger partial charge in [-0.05, 0) is 0 Å². The number of nitrogens with one attached hydrogen (secondary N) is 1. The van der Waals surface area contributed by atoms with E-state index >= 15 is 0 Å². The van der Waals surface area contributed by atoms with E-state index in [1.165, 1.54) is 0 Å². The molecular weight excluding hydrogens is 232 g/mol. The summed E-state index contributed by atoms with van der Waals surface area (Å²) in [5.41, 5.74) is 7.21. The third-order valence-electron chi connectivity index (χ3n) is 3.41. The molecule has 0 aliphatic carbocycles. The van der Waals surface area contributed by atoms with Gasteiger partial charge in [0.15, 0.2) is 0 Å². The third-order valence-corrected chi connectivity index (χ3v) is 3.41. The number of methoxy groups -OCH3 is 3. The van der Waals surface area contributed by atoms with E-state index < -0.39 is 0 Å². The molecule has 2 rings (SSSR count). The zero-order valence-electron chi connectivity index (χ0n) is 11.0. The number of nitrogens with two attached hydrogens (primary N) is 1. The molecule has 1 aliphatic heterocycles. The fraction of sp³-hybridized carbons (Fsp3) is 0.538. The molecule has 1 saturated heterocycles. The van der Waals surface area contributed by atoms with Gasteiger partial charge >= 0.3 is 0 Å². The molecule has 1 aliphatic rings. The average molecular weight is 252 g/mol. The summed E-state index contributed by atoms with van der Waals surface area (Å²) in [6, 6.07) is 3.58. The molecule has 100 valence electrons. The van der Waals surface area contributed by atoms with E-state index in [1.807, 2.05) is 12.1 Å². The topological polar surface area (TPSA) is 65.7 Å². The van der Waals surface area contributed by atoms with Crippen molar-refractivity contribution in [3.05, 3.63) is 17.7 Å². The summed E-state index contributed by atoms with van der Waals surface area (Å²) < 4.78 is 16.0. The second-order valence-electron chi connectivity index (χ2n) is 4.39. The zero-order chi connectivity index (χ0) is 13.1. The molecule has 0 amide bonds. The Kier molecular flexibility index (Phi) is 3.93. The van der Waals surface area contributed by atoms with E-state index in [-0.39, 0.29) is 6.04 Å². The highest BCUT2D eigenvalue weighted by Crippen LogP contribution is 2.40. The Morgan fingerprint density at radius 3 is 2.00 bits per heavy atom. The number of benzene rings is 1.